The molecule has 0 atom stereocenters. The van der Waals surface area contributed by atoms with Gasteiger partial charge in [-0.25, -0.2) is 4.98 Å². The topological polar surface area (TPSA) is 98.7 Å². The summed E-state index contributed by atoms with van der Waals surface area (Å²) in [7, 11) is 0. The zero-order valence-electron chi connectivity index (χ0n) is 14.2. The number of hydrogen-bond acceptors (Lipinski definition) is 7. The Morgan fingerprint density at radius 1 is 1.22 bits per heavy atom. The van der Waals surface area contributed by atoms with Crippen molar-refractivity contribution in [3.63, 3.8) is 0 Å². The molecule has 0 aliphatic rings. The number of thiazole rings is 1. The van der Waals surface area contributed by atoms with Crippen molar-refractivity contribution in [2.45, 2.75) is 6.92 Å². The van der Waals surface area contributed by atoms with E-state index in [1.54, 1.807) is 24.4 Å². The summed E-state index contributed by atoms with van der Waals surface area (Å²) in [5, 5.41) is 15.1. The van der Waals surface area contributed by atoms with E-state index in [9.17, 15) is 4.79 Å². The first kappa shape index (κ1) is 16.9. The van der Waals surface area contributed by atoms with Crippen molar-refractivity contribution < 1.29 is 9.21 Å². The largest absolute Gasteiger partial charge is 0.465 e. The van der Waals surface area contributed by atoms with E-state index in [1.165, 1.54) is 22.3 Å². The molecule has 1 N–H and O–H groups in total. The summed E-state index contributed by atoms with van der Waals surface area (Å²) >= 11 is 1.38. The van der Waals surface area contributed by atoms with Crippen LogP contribution in [0.2, 0.25) is 0 Å². The number of hydrogen-bond donors (Lipinski definition) is 1. The van der Waals surface area contributed by atoms with Crippen molar-refractivity contribution in [1.82, 2.24) is 25.2 Å². The monoisotopic (exact) mass is 378 g/mol. The summed E-state index contributed by atoms with van der Waals surface area (Å²) < 4.78 is 6.74. The highest BCUT2D eigenvalue weighted by Gasteiger charge is 2.20. The van der Waals surface area contributed by atoms with Crippen LogP contribution in [0.4, 0.5) is 5.13 Å². The molecule has 0 radical (unpaired) electrons. The molecule has 4 aromatic rings. The van der Waals surface area contributed by atoms with Crippen LogP contribution in [0.15, 0.2) is 59.3 Å². The Labute approximate surface area is 158 Å². The third-order valence-corrected chi connectivity index (χ3v) is 4.45. The molecule has 3 aromatic heterocycles. The van der Waals surface area contributed by atoms with Gasteiger partial charge in [-0.3, -0.25) is 10.1 Å². The Morgan fingerprint density at radius 3 is 2.78 bits per heavy atom. The maximum atomic E-state index is 13.0. The summed E-state index contributed by atoms with van der Waals surface area (Å²) in [5.74, 6) is 0.550. The lowest BCUT2D eigenvalue weighted by molar-refractivity contribution is -0.111. The average molecular weight is 378 g/mol. The van der Waals surface area contributed by atoms with Crippen LogP contribution in [0.3, 0.4) is 0 Å². The van der Waals surface area contributed by atoms with E-state index < -0.39 is 5.91 Å². The van der Waals surface area contributed by atoms with Crippen LogP contribution in [0.1, 0.15) is 10.6 Å². The molecule has 0 unspecified atom stereocenters. The molecule has 0 saturated heterocycles. The number of nitrogens with zero attached hydrogens (tertiary/aromatic N) is 5. The summed E-state index contributed by atoms with van der Waals surface area (Å²) in [4.78, 5) is 18.1. The number of tetrazole rings is 1. The van der Waals surface area contributed by atoms with Crippen LogP contribution in [0.5, 0.6) is 0 Å². The minimum atomic E-state index is -0.398. The summed E-state index contributed by atoms with van der Waals surface area (Å²) in [5.41, 5.74) is 0.993. The zero-order chi connectivity index (χ0) is 18.6. The maximum absolute atomic E-state index is 13.0. The first-order chi connectivity index (χ1) is 13.2. The van der Waals surface area contributed by atoms with Gasteiger partial charge in [0.25, 0.3) is 5.91 Å². The number of aromatic nitrogens is 5. The van der Waals surface area contributed by atoms with Gasteiger partial charge in [0.05, 0.1) is 6.26 Å². The van der Waals surface area contributed by atoms with Gasteiger partial charge in [-0.05, 0) is 29.5 Å². The Morgan fingerprint density at radius 2 is 2.07 bits per heavy atom. The van der Waals surface area contributed by atoms with Crippen molar-refractivity contribution in [2.24, 2.45) is 0 Å². The van der Waals surface area contributed by atoms with Crippen LogP contribution in [0.25, 0.3) is 23.2 Å². The average Bonchev–Trinajstić information content (AvgIpc) is 3.42. The Kier molecular flexibility index (Phi) is 4.58. The molecule has 0 fully saturated rings. The van der Waals surface area contributed by atoms with Gasteiger partial charge in [-0.15, -0.1) is 16.4 Å². The maximum Gasteiger partial charge on any atom is 0.276 e. The molecule has 0 aliphatic carbocycles. The standard InChI is InChI=1S/C18H14N6O2S/c1-12-11-19-18(27-12)20-17(25)15(10-14-8-5-9-26-14)24-16(21-22-23-24)13-6-3-2-4-7-13/h2-11H,1H3,(H,19,20,25)/b15-10-. The molecule has 0 aliphatic heterocycles. The third kappa shape index (κ3) is 3.67. The number of carbonyl (C=O) groups is 1. The van der Waals surface area contributed by atoms with Crippen molar-refractivity contribution in [3.8, 4) is 11.4 Å². The zero-order valence-corrected chi connectivity index (χ0v) is 15.1. The SMILES string of the molecule is Cc1cnc(NC(=O)/C(=C/c2ccco2)n2nnnc2-c2ccccc2)s1. The van der Waals surface area contributed by atoms with Gasteiger partial charge < -0.3 is 4.42 Å². The second kappa shape index (κ2) is 7.34. The van der Waals surface area contributed by atoms with E-state index in [4.69, 9.17) is 4.42 Å². The molecule has 0 bridgehead atoms. The minimum absolute atomic E-state index is 0.210. The molecule has 8 nitrogen and oxygen atoms in total. The molecular formula is C18H14N6O2S. The number of furan rings is 1. The van der Waals surface area contributed by atoms with Gasteiger partial charge in [0.1, 0.15) is 11.5 Å². The number of aryl methyl sites for hydroxylation is 1. The van der Waals surface area contributed by atoms with Gasteiger partial charge >= 0.3 is 0 Å². The second-order valence-electron chi connectivity index (χ2n) is 5.56. The summed E-state index contributed by atoms with van der Waals surface area (Å²) in [6.45, 7) is 1.92. The van der Waals surface area contributed by atoms with Crippen LogP contribution < -0.4 is 5.32 Å². The smallest absolute Gasteiger partial charge is 0.276 e. The lowest BCUT2D eigenvalue weighted by Gasteiger charge is -2.09. The highest BCUT2D eigenvalue weighted by molar-refractivity contribution is 7.15. The first-order valence-electron chi connectivity index (χ1n) is 8.04. The predicted molar refractivity (Wildman–Crippen MR) is 102 cm³/mol. The molecule has 9 heteroatoms. The molecule has 27 heavy (non-hydrogen) atoms. The van der Waals surface area contributed by atoms with Crippen LogP contribution in [-0.4, -0.2) is 31.1 Å². The number of carbonyl (C=O) groups excluding carboxylic acids is 1. The highest BCUT2D eigenvalue weighted by atomic mass is 32.1. The fraction of sp³-hybridized carbons (Fsp3) is 0.0556. The molecule has 134 valence electrons. The van der Waals surface area contributed by atoms with E-state index in [-0.39, 0.29) is 5.70 Å². The van der Waals surface area contributed by atoms with E-state index in [0.29, 0.717) is 16.7 Å². The van der Waals surface area contributed by atoms with Crippen LogP contribution >= 0.6 is 11.3 Å². The Bertz CT molecular complexity index is 1080. The third-order valence-electron chi connectivity index (χ3n) is 3.63. The lowest BCUT2D eigenvalue weighted by Crippen LogP contribution is -2.19. The van der Waals surface area contributed by atoms with Gasteiger partial charge in [0.2, 0.25) is 0 Å². The molecule has 4 rings (SSSR count). The van der Waals surface area contributed by atoms with Crippen molar-refractivity contribution in [3.05, 3.63) is 65.6 Å². The van der Waals surface area contributed by atoms with Gasteiger partial charge in [-0.1, -0.05) is 30.3 Å². The number of rotatable bonds is 5. The van der Waals surface area contributed by atoms with Crippen LogP contribution in [0, 0.1) is 6.92 Å². The fourth-order valence-corrected chi connectivity index (χ4v) is 3.08. The highest BCUT2D eigenvalue weighted by Crippen LogP contribution is 2.23. The minimum Gasteiger partial charge on any atom is -0.465 e. The van der Waals surface area contributed by atoms with Crippen molar-refractivity contribution in [2.75, 3.05) is 5.32 Å². The van der Waals surface area contributed by atoms with Gasteiger partial charge in [-0.2, -0.15) is 4.68 Å². The number of nitrogens with one attached hydrogen (secondary N) is 1. The molecule has 0 saturated carbocycles. The van der Waals surface area contributed by atoms with Crippen LogP contribution in [-0.2, 0) is 4.79 Å². The van der Waals surface area contributed by atoms with Gasteiger partial charge in [0.15, 0.2) is 11.0 Å². The number of benzene rings is 1. The number of amides is 1. The van der Waals surface area contributed by atoms with E-state index in [1.807, 2.05) is 37.3 Å². The van der Waals surface area contributed by atoms with Gasteiger partial charge in [0, 0.05) is 22.7 Å². The quantitative estimate of drug-likeness (QED) is 0.535. The van der Waals surface area contributed by atoms with Crippen molar-refractivity contribution in [1.29, 1.82) is 0 Å². The Hall–Kier alpha value is -3.59. The normalized spacial score (nSPS) is 11.5. The summed E-state index contributed by atoms with van der Waals surface area (Å²) in [6.07, 6.45) is 4.81. The molecule has 3 heterocycles. The molecule has 1 amide bonds. The molecule has 1 aromatic carbocycles. The van der Waals surface area contributed by atoms with Crippen molar-refractivity contribution >= 4 is 34.1 Å². The number of anilines is 1. The fourth-order valence-electron chi connectivity index (χ4n) is 2.42. The Balaban J connectivity index is 1.76. The predicted octanol–water partition coefficient (Wildman–Crippen LogP) is 3.33. The lowest BCUT2D eigenvalue weighted by atomic mass is 10.2. The van der Waals surface area contributed by atoms with E-state index >= 15 is 0 Å². The molecular weight excluding hydrogens is 364 g/mol. The summed E-state index contributed by atoms with van der Waals surface area (Å²) in [6, 6.07) is 12.9. The first-order valence-corrected chi connectivity index (χ1v) is 8.85. The van der Waals surface area contributed by atoms with E-state index in [2.05, 4.69) is 25.8 Å². The second-order valence-corrected chi connectivity index (χ2v) is 6.79. The van der Waals surface area contributed by atoms with E-state index in [0.717, 1.165) is 10.4 Å². The molecule has 0 spiro atoms.